The standard InChI is InChI=1S/C11H9Cl2F3N2O/c1-18-5-10(13,11(14,15)16)7-4-6(12)2-3-8(7)17-9(18)19/h2-4H,5H2,1H3,(H,17,19). The van der Waals surface area contributed by atoms with Crippen molar-refractivity contribution >= 4 is 34.9 Å². The second-order valence-corrected chi connectivity index (χ2v) is 5.36. The number of rotatable bonds is 0. The van der Waals surface area contributed by atoms with E-state index in [0.29, 0.717) is 0 Å². The summed E-state index contributed by atoms with van der Waals surface area (Å²) < 4.78 is 39.8. The molecule has 0 saturated heterocycles. The van der Waals surface area contributed by atoms with E-state index in [9.17, 15) is 18.0 Å². The van der Waals surface area contributed by atoms with E-state index in [4.69, 9.17) is 23.2 Å². The quantitative estimate of drug-likeness (QED) is 0.726. The maximum absolute atomic E-state index is 13.3. The van der Waals surface area contributed by atoms with Crippen molar-refractivity contribution < 1.29 is 18.0 Å². The molecular formula is C11H9Cl2F3N2O. The van der Waals surface area contributed by atoms with Crippen LogP contribution in [0.4, 0.5) is 23.7 Å². The molecule has 1 aliphatic rings. The number of likely N-dealkylation sites (N-methyl/N-ethyl adjacent to an activating group) is 1. The molecule has 1 aliphatic heterocycles. The Hall–Kier alpha value is -1.14. The number of hydrogen-bond donors (Lipinski definition) is 1. The number of hydrogen-bond acceptors (Lipinski definition) is 1. The topological polar surface area (TPSA) is 32.3 Å². The minimum Gasteiger partial charge on any atom is -0.325 e. The van der Waals surface area contributed by atoms with Crippen molar-refractivity contribution in [3.05, 3.63) is 28.8 Å². The fourth-order valence-corrected chi connectivity index (χ4v) is 2.40. The van der Waals surface area contributed by atoms with E-state index in [1.165, 1.54) is 19.2 Å². The van der Waals surface area contributed by atoms with Gasteiger partial charge in [0.05, 0.1) is 6.54 Å². The number of halogens is 5. The first-order valence-corrected chi connectivity index (χ1v) is 5.98. The van der Waals surface area contributed by atoms with E-state index in [-0.39, 0.29) is 16.3 Å². The number of anilines is 1. The second-order valence-electron chi connectivity index (χ2n) is 4.28. The Labute approximate surface area is 117 Å². The van der Waals surface area contributed by atoms with Gasteiger partial charge in [0.1, 0.15) is 0 Å². The maximum atomic E-state index is 13.3. The van der Waals surface area contributed by atoms with Gasteiger partial charge in [-0.25, -0.2) is 4.79 Å². The van der Waals surface area contributed by atoms with Gasteiger partial charge in [-0.2, -0.15) is 13.2 Å². The molecule has 3 nitrogen and oxygen atoms in total. The van der Waals surface area contributed by atoms with Gasteiger partial charge in [-0.15, -0.1) is 11.6 Å². The van der Waals surface area contributed by atoms with Crippen molar-refractivity contribution in [3.8, 4) is 0 Å². The number of nitrogens with zero attached hydrogens (tertiary/aromatic N) is 1. The van der Waals surface area contributed by atoms with E-state index < -0.39 is 23.6 Å². The molecule has 1 atom stereocenters. The fraction of sp³-hybridized carbons (Fsp3) is 0.364. The molecule has 0 spiro atoms. The number of benzene rings is 1. The molecule has 19 heavy (non-hydrogen) atoms. The zero-order chi connectivity index (χ0) is 14.4. The van der Waals surface area contributed by atoms with Gasteiger partial charge in [0.15, 0.2) is 4.87 Å². The van der Waals surface area contributed by atoms with Crippen molar-refractivity contribution in [3.63, 3.8) is 0 Å². The monoisotopic (exact) mass is 312 g/mol. The SMILES string of the molecule is CN1CC(Cl)(C(F)(F)F)c2cc(Cl)ccc2NC1=O. The van der Waals surface area contributed by atoms with Crippen LogP contribution >= 0.6 is 23.2 Å². The summed E-state index contributed by atoms with van der Waals surface area (Å²) >= 11 is 11.5. The minimum atomic E-state index is -4.73. The molecule has 2 amide bonds. The Morgan fingerprint density at radius 1 is 1.42 bits per heavy atom. The third-order valence-electron chi connectivity index (χ3n) is 2.90. The first-order valence-electron chi connectivity index (χ1n) is 5.23. The lowest BCUT2D eigenvalue weighted by molar-refractivity contribution is -0.166. The number of urea groups is 1. The molecule has 1 aromatic rings. The summed E-state index contributed by atoms with van der Waals surface area (Å²) in [6.45, 7) is -0.697. The highest BCUT2D eigenvalue weighted by Crippen LogP contribution is 2.49. The van der Waals surface area contributed by atoms with E-state index in [1.54, 1.807) is 0 Å². The van der Waals surface area contributed by atoms with Crippen LogP contribution in [-0.2, 0) is 4.87 Å². The summed E-state index contributed by atoms with van der Waals surface area (Å²) in [6.07, 6.45) is -4.73. The van der Waals surface area contributed by atoms with Crippen molar-refractivity contribution in [2.75, 3.05) is 18.9 Å². The molecule has 104 valence electrons. The lowest BCUT2D eigenvalue weighted by Gasteiger charge is -2.31. The first-order chi connectivity index (χ1) is 8.65. The fourth-order valence-electron chi connectivity index (χ4n) is 1.89. The van der Waals surface area contributed by atoms with E-state index in [0.717, 1.165) is 11.0 Å². The number of nitrogens with one attached hydrogen (secondary N) is 1. The van der Waals surface area contributed by atoms with Crippen molar-refractivity contribution in [1.29, 1.82) is 0 Å². The number of fused-ring (bicyclic) bond motifs is 1. The highest BCUT2D eigenvalue weighted by Gasteiger charge is 2.58. The smallest absolute Gasteiger partial charge is 0.325 e. The maximum Gasteiger partial charge on any atom is 0.413 e. The number of amides is 2. The van der Waals surface area contributed by atoms with Crippen LogP contribution < -0.4 is 5.32 Å². The summed E-state index contributed by atoms with van der Waals surface area (Å²) in [5.41, 5.74) is -0.252. The Balaban J connectivity index is 2.68. The Bertz CT molecular complexity index is 535. The zero-order valence-corrected chi connectivity index (χ0v) is 11.2. The van der Waals surface area contributed by atoms with Crippen LogP contribution in [0.15, 0.2) is 18.2 Å². The summed E-state index contributed by atoms with van der Waals surface area (Å²) in [5, 5.41) is 2.49. The summed E-state index contributed by atoms with van der Waals surface area (Å²) in [5.74, 6) is 0. The van der Waals surface area contributed by atoms with Crippen LogP contribution in [0.1, 0.15) is 5.56 Å². The molecule has 2 rings (SSSR count). The molecule has 1 unspecified atom stereocenters. The van der Waals surface area contributed by atoms with Crippen LogP contribution in [0.2, 0.25) is 5.02 Å². The first kappa shape index (κ1) is 14.3. The molecular weight excluding hydrogens is 304 g/mol. The Morgan fingerprint density at radius 2 is 2.05 bits per heavy atom. The third kappa shape index (κ3) is 2.34. The molecule has 0 fully saturated rings. The summed E-state index contributed by atoms with van der Waals surface area (Å²) in [6, 6.07) is 3.16. The zero-order valence-electron chi connectivity index (χ0n) is 9.68. The van der Waals surface area contributed by atoms with E-state index in [1.807, 2.05) is 0 Å². The highest BCUT2D eigenvalue weighted by molar-refractivity contribution is 6.31. The van der Waals surface area contributed by atoms with Gasteiger partial charge in [-0.05, 0) is 18.2 Å². The molecule has 1 N–H and O–H groups in total. The minimum absolute atomic E-state index is 0.00563. The molecule has 8 heteroatoms. The van der Waals surface area contributed by atoms with Crippen LogP contribution in [0, 0.1) is 0 Å². The lowest BCUT2D eigenvalue weighted by Crippen LogP contribution is -2.46. The van der Waals surface area contributed by atoms with Crippen LogP contribution in [0.5, 0.6) is 0 Å². The normalized spacial score (nSPS) is 23.7. The van der Waals surface area contributed by atoms with Gasteiger partial charge in [0, 0.05) is 23.3 Å². The highest BCUT2D eigenvalue weighted by atomic mass is 35.5. The molecule has 1 heterocycles. The largest absolute Gasteiger partial charge is 0.413 e. The molecule has 0 saturated carbocycles. The van der Waals surface area contributed by atoms with Gasteiger partial charge < -0.3 is 10.2 Å². The average molecular weight is 313 g/mol. The predicted octanol–water partition coefficient (Wildman–Crippen LogP) is 3.81. The summed E-state index contributed by atoms with van der Waals surface area (Å²) in [7, 11) is 1.24. The molecule has 1 aromatic carbocycles. The van der Waals surface area contributed by atoms with Gasteiger partial charge in [-0.1, -0.05) is 11.6 Å². The van der Waals surface area contributed by atoms with Gasteiger partial charge in [0.2, 0.25) is 0 Å². The molecule has 0 aliphatic carbocycles. The molecule has 0 radical (unpaired) electrons. The van der Waals surface area contributed by atoms with Gasteiger partial charge in [0.25, 0.3) is 0 Å². The lowest BCUT2D eigenvalue weighted by atomic mass is 9.95. The number of carbonyl (C=O) groups is 1. The van der Waals surface area contributed by atoms with Crippen LogP contribution in [0.3, 0.4) is 0 Å². The van der Waals surface area contributed by atoms with Crippen molar-refractivity contribution in [2.24, 2.45) is 0 Å². The van der Waals surface area contributed by atoms with E-state index >= 15 is 0 Å². The Morgan fingerprint density at radius 3 is 2.63 bits per heavy atom. The number of carbonyl (C=O) groups excluding carboxylic acids is 1. The van der Waals surface area contributed by atoms with Crippen LogP contribution in [0.25, 0.3) is 0 Å². The van der Waals surface area contributed by atoms with E-state index in [2.05, 4.69) is 5.32 Å². The molecule has 0 bridgehead atoms. The van der Waals surface area contributed by atoms with Crippen molar-refractivity contribution in [1.82, 2.24) is 4.90 Å². The van der Waals surface area contributed by atoms with Gasteiger partial charge in [-0.3, -0.25) is 0 Å². The predicted molar refractivity (Wildman–Crippen MR) is 66.7 cm³/mol. The van der Waals surface area contributed by atoms with Crippen molar-refractivity contribution in [2.45, 2.75) is 11.1 Å². The average Bonchev–Trinajstić information content (AvgIpc) is 2.37. The Kier molecular flexibility index (Phi) is 3.35. The summed E-state index contributed by atoms with van der Waals surface area (Å²) in [4.78, 5) is 9.82. The second kappa shape index (κ2) is 4.45. The molecule has 0 aromatic heterocycles. The van der Waals surface area contributed by atoms with Crippen LogP contribution in [-0.4, -0.2) is 30.7 Å². The third-order valence-corrected chi connectivity index (χ3v) is 3.67. The number of alkyl halides is 4. The van der Waals surface area contributed by atoms with Gasteiger partial charge >= 0.3 is 12.2 Å².